The first-order valence-corrected chi connectivity index (χ1v) is 11.5. The van der Waals surface area contributed by atoms with E-state index in [-0.39, 0.29) is 17.2 Å². The smallest absolute Gasteiger partial charge is 0.233 e. The van der Waals surface area contributed by atoms with Crippen LogP contribution in [0.5, 0.6) is 5.75 Å². The highest BCUT2D eigenvalue weighted by Crippen LogP contribution is 2.28. The summed E-state index contributed by atoms with van der Waals surface area (Å²) in [5.74, 6) is 1.60. The summed E-state index contributed by atoms with van der Waals surface area (Å²) in [4.78, 5) is 12.7. The van der Waals surface area contributed by atoms with Gasteiger partial charge in [0.2, 0.25) is 5.91 Å². The Labute approximate surface area is 188 Å². The van der Waals surface area contributed by atoms with Crippen LogP contribution in [0.2, 0.25) is 0 Å². The molecule has 2 unspecified atom stereocenters. The maximum Gasteiger partial charge on any atom is 0.233 e. The third-order valence-corrected chi connectivity index (χ3v) is 6.21. The fraction of sp³-hybridized carbons (Fsp3) is 0.375. The fourth-order valence-electron chi connectivity index (χ4n) is 3.29. The lowest BCUT2D eigenvalue weighted by Crippen LogP contribution is -2.38. The Morgan fingerprint density at radius 3 is 2.45 bits per heavy atom. The molecular formula is C24H30N4O2S. The third kappa shape index (κ3) is 6.10. The lowest BCUT2D eigenvalue weighted by Gasteiger charge is -2.17. The summed E-state index contributed by atoms with van der Waals surface area (Å²) in [6, 6.07) is 18.2. The number of rotatable bonds is 10. The van der Waals surface area contributed by atoms with Crippen LogP contribution in [0.25, 0.3) is 11.4 Å². The first-order chi connectivity index (χ1) is 15.0. The van der Waals surface area contributed by atoms with Gasteiger partial charge in [0.05, 0.1) is 12.4 Å². The van der Waals surface area contributed by atoms with Crippen LogP contribution in [0.3, 0.4) is 0 Å². The Balaban J connectivity index is 1.59. The van der Waals surface area contributed by atoms with Crippen LogP contribution in [0.4, 0.5) is 0 Å². The summed E-state index contributed by atoms with van der Waals surface area (Å²) in [5, 5.41) is 12.3. The molecule has 1 aromatic heterocycles. The Bertz CT molecular complexity index is 973. The van der Waals surface area contributed by atoms with Gasteiger partial charge in [0.25, 0.3) is 0 Å². The van der Waals surface area contributed by atoms with Gasteiger partial charge in [0.15, 0.2) is 11.0 Å². The van der Waals surface area contributed by atoms with E-state index < -0.39 is 0 Å². The normalized spacial score (nSPS) is 12.9. The molecular weight excluding hydrogens is 408 g/mol. The zero-order valence-corrected chi connectivity index (χ0v) is 19.4. The van der Waals surface area contributed by atoms with E-state index >= 15 is 0 Å². The first kappa shape index (κ1) is 22.9. The van der Waals surface area contributed by atoms with Crippen molar-refractivity contribution in [2.24, 2.45) is 0 Å². The number of amides is 1. The minimum absolute atomic E-state index is 0.0159. The number of nitrogens with zero attached hydrogens (tertiary/aromatic N) is 3. The Hall–Kier alpha value is -2.80. The molecule has 0 radical (unpaired) electrons. The number of nitrogens with one attached hydrogen (secondary N) is 1. The minimum Gasteiger partial charge on any atom is -0.497 e. The number of methoxy groups -OCH3 is 1. The van der Waals surface area contributed by atoms with Crippen LogP contribution < -0.4 is 10.1 Å². The number of aryl methyl sites for hydroxylation is 1. The molecule has 0 aliphatic heterocycles. The second-order valence-electron chi connectivity index (χ2n) is 7.47. The molecule has 0 aliphatic rings. The monoisotopic (exact) mass is 438 g/mol. The van der Waals surface area contributed by atoms with Gasteiger partial charge < -0.3 is 14.6 Å². The molecule has 0 fully saturated rings. The van der Waals surface area contributed by atoms with E-state index in [1.54, 1.807) is 7.11 Å². The van der Waals surface area contributed by atoms with E-state index in [0.717, 1.165) is 41.7 Å². The summed E-state index contributed by atoms with van der Waals surface area (Å²) in [7, 11) is 1.65. The largest absolute Gasteiger partial charge is 0.497 e. The number of hydrogen-bond donors (Lipinski definition) is 1. The van der Waals surface area contributed by atoms with E-state index in [1.165, 1.54) is 17.3 Å². The van der Waals surface area contributed by atoms with Crippen molar-refractivity contribution in [1.29, 1.82) is 0 Å². The molecule has 1 amide bonds. The van der Waals surface area contributed by atoms with Crippen molar-refractivity contribution in [3.05, 3.63) is 60.2 Å². The number of hydrogen-bond acceptors (Lipinski definition) is 5. The van der Waals surface area contributed by atoms with Crippen molar-refractivity contribution < 1.29 is 9.53 Å². The molecule has 2 atom stereocenters. The molecule has 164 valence electrons. The number of carbonyl (C=O) groups excluding carboxylic acids is 1. The number of carbonyl (C=O) groups is 1. The Kier molecular flexibility index (Phi) is 8.12. The third-order valence-electron chi connectivity index (χ3n) is 5.13. The fourth-order valence-corrected chi connectivity index (χ4v) is 4.21. The first-order valence-electron chi connectivity index (χ1n) is 10.6. The van der Waals surface area contributed by atoms with Crippen molar-refractivity contribution in [3.8, 4) is 17.1 Å². The summed E-state index contributed by atoms with van der Waals surface area (Å²) in [5.41, 5.74) is 2.25. The van der Waals surface area contributed by atoms with E-state index in [4.69, 9.17) is 4.74 Å². The summed E-state index contributed by atoms with van der Waals surface area (Å²) in [6.07, 6.45) is 1.85. The molecule has 0 bridgehead atoms. The second kappa shape index (κ2) is 11.0. The maximum atomic E-state index is 12.7. The highest BCUT2D eigenvalue weighted by atomic mass is 32.2. The van der Waals surface area contributed by atoms with Crippen LogP contribution in [0.15, 0.2) is 59.8 Å². The van der Waals surface area contributed by atoms with Gasteiger partial charge in [-0.3, -0.25) is 4.79 Å². The summed E-state index contributed by atoms with van der Waals surface area (Å²) >= 11 is 1.44. The zero-order chi connectivity index (χ0) is 22.2. The maximum absolute atomic E-state index is 12.7. The standard InChI is InChI=1S/C24H30N4O2S/c1-5-28-22(20-13-15-21(30-4)16-14-20)26-27-24(28)31-18(3)23(29)25-17(2)11-12-19-9-7-6-8-10-19/h6-10,13-18H,5,11-12H2,1-4H3,(H,25,29). The van der Waals surface area contributed by atoms with Crippen molar-refractivity contribution in [3.63, 3.8) is 0 Å². The van der Waals surface area contributed by atoms with Gasteiger partial charge in [0, 0.05) is 18.2 Å². The molecule has 3 rings (SSSR count). The number of thioether (sulfide) groups is 1. The van der Waals surface area contributed by atoms with Crippen LogP contribution >= 0.6 is 11.8 Å². The predicted molar refractivity (Wildman–Crippen MR) is 125 cm³/mol. The van der Waals surface area contributed by atoms with Crippen molar-refractivity contribution >= 4 is 17.7 Å². The topological polar surface area (TPSA) is 69.0 Å². The zero-order valence-electron chi connectivity index (χ0n) is 18.5. The lowest BCUT2D eigenvalue weighted by molar-refractivity contribution is -0.120. The second-order valence-corrected chi connectivity index (χ2v) is 8.78. The molecule has 0 saturated carbocycles. The predicted octanol–water partition coefficient (Wildman–Crippen LogP) is 4.59. The molecule has 2 aromatic carbocycles. The Morgan fingerprint density at radius 1 is 1.10 bits per heavy atom. The molecule has 1 N–H and O–H groups in total. The minimum atomic E-state index is -0.266. The molecule has 0 saturated heterocycles. The van der Waals surface area contributed by atoms with E-state index in [2.05, 4.69) is 41.5 Å². The van der Waals surface area contributed by atoms with Gasteiger partial charge in [0.1, 0.15) is 5.75 Å². The molecule has 1 heterocycles. The van der Waals surface area contributed by atoms with Crippen LogP contribution in [-0.2, 0) is 17.8 Å². The number of ether oxygens (including phenoxy) is 1. The molecule has 6 nitrogen and oxygen atoms in total. The van der Waals surface area contributed by atoms with Gasteiger partial charge in [-0.2, -0.15) is 0 Å². The summed E-state index contributed by atoms with van der Waals surface area (Å²) < 4.78 is 7.27. The molecule has 31 heavy (non-hydrogen) atoms. The van der Waals surface area contributed by atoms with Crippen molar-refractivity contribution in [2.75, 3.05) is 7.11 Å². The molecule has 0 spiro atoms. The van der Waals surface area contributed by atoms with Crippen LogP contribution in [0.1, 0.15) is 32.8 Å². The molecule has 7 heteroatoms. The number of aromatic nitrogens is 3. The van der Waals surface area contributed by atoms with Crippen molar-refractivity contribution in [1.82, 2.24) is 20.1 Å². The van der Waals surface area contributed by atoms with Crippen LogP contribution in [-0.4, -0.2) is 39.1 Å². The average molecular weight is 439 g/mol. The highest BCUT2D eigenvalue weighted by Gasteiger charge is 2.21. The SMILES string of the molecule is CCn1c(SC(C)C(=O)NC(C)CCc2ccccc2)nnc1-c1ccc(OC)cc1. The Morgan fingerprint density at radius 2 is 1.81 bits per heavy atom. The van der Waals surface area contributed by atoms with Gasteiger partial charge in [-0.25, -0.2) is 0 Å². The van der Waals surface area contributed by atoms with Gasteiger partial charge in [-0.15, -0.1) is 10.2 Å². The van der Waals surface area contributed by atoms with E-state index in [1.807, 2.05) is 54.0 Å². The number of benzene rings is 2. The van der Waals surface area contributed by atoms with Gasteiger partial charge in [-0.1, -0.05) is 42.1 Å². The van der Waals surface area contributed by atoms with Crippen molar-refractivity contribution in [2.45, 2.75) is 56.6 Å². The molecule has 0 aliphatic carbocycles. The quantitative estimate of drug-likeness (QED) is 0.469. The van der Waals surface area contributed by atoms with Gasteiger partial charge >= 0.3 is 0 Å². The van der Waals surface area contributed by atoms with Crippen LogP contribution in [0, 0.1) is 0 Å². The lowest BCUT2D eigenvalue weighted by atomic mass is 10.1. The average Bonchev–Trinajstić information content (AvgIpc) is 3.20. The highest BCUT2D eigenvalue weighted by molar-refractivity contribution is 8.00. The van der Waals surface area contributed by atoms with Gasteiger partial charge in [-0.05, 0) is 63.4 Å². The van der Waals surface area contributed by atoms with E-state index in [9.17, 15) is 4.79 Å². The molecule has 3 aromatic rings. The van der Waals surface area contributed by atoms with E-state index in [0.29, 0.717) is 0 Å². The summed E-state index contributed by atoms with van der Waals surface area (Å²) in [6.45, 7) is 6.73.